The molecule has 0 aromatic carbocycles. The molecule has 466 valence electrons. The number of quaternary nitrogens is 1. The monoisotopic (exact) mass is 1150 g/mol. The summed E-state index contributed by atoms with van der Waals surface area (Å²) in [6.07, 6.45) is 82.2. The maximum absolute atomic E-state index is 13.6. The van der Waals surface area contributed by atoms with E-state index in [1.54, 1.807) is 0 Å². The second-order valence-corrected chi connectivity index (χ2v) is 24.7. The number of hydrogen-bond donors (Lipinski definition) is 2. The van der Waals surface area contributed by atoms with Crippen molar-refractivity contribution < 1.29 is 37.3 Å². The molecule has 0 aromatic heterocycles. The van der Waals surface area contributed by atoms with Gasteiger partial charge in [0, 0.05) is 12.8 Å². The van der Waals surface area contributed by atoms with E-state index in [1.165, 1.54) is 116 Å². The van der Waals surface area contributed by atoms with E-state index in [-0.39, 0.29) is 31.5 Å². The van der Waals surface area contributed by atoms with E-state index in [0.717, 1.165) is 122 Å². The van der Waals surface area contributed by atoms with E-state index in [1.807, 2.05) is 33.3 Å². The molecule has 9 nitrogen and oxygen atoms in total. The molecule has 0 aromatic rings. The summed E-state index contributed by atoms with van der Waals surface area (Å²) in [5.41, 5.74) is 0. The molecule has 0 rings (SSSR count). The Bertz CT molecular complexity index is 1750. The quantitative estimate of drug-likeness (QED) is 0.0205. The lowest BCUT2D eigenvalue weighted by molar-refractivity contribution is -0.870. The molecule has 0 aliphatic heterocycles. The second-order valence-electron chi connectivity index (χ2n) is 23.3. The molecule has 10 heteroatoms. The summed E-state index contributed by atoms with van der Waals surface area (Å²) >= 11 is 0. The minimum atomic E-state index is -4.47. The topological polar surface area (TPSA) is 111 Å². The Kier molecular flexibility index (Phi) is 57.4. The van der Waals surface area contributed by atoms with Crippen molar-refractivity contribution in [2.75, 3.05) is 40.9 Å². The van der Waals surface area contributed by atoms with Crippen molar-refractivity contribution in [1.82, 2.24) is 5.32 Å². The van der Waals surface area contributed by atoms with Gasteiger partial charge in [0.15, 0.2) is 0 Å². The highest BCUT2D eigenvalue weighted by Crippen LogP contribution is 2.43. The molecule has 3 unspecified atom stereocenters. The third kappa shape index (κ3) is 61.1. The van der Waals surface area contributed by atoms with Crippen molar-refractivity contribution in [2.45, 2.75) is 290 Å². The van der Waals surface area contributed by atoms with Gasteiger partial charge in [0.2, 0.25) is 5.91 Å². The zero-order valence-electron chi connectivity index (χ0n) is 53.2. The summed E-state index contributed by atoms with van der Waals surface area (Å²) < 4.78 is 30.8. The van der Waals surface area contributed by atoms with Crippen molar-refractivity contribution in [3.8, 4) is 0 Å². The first kappa shape index (κ1) is 77.7. The van der Waals surface area contributed by atoms with Gasteiger partial charge < -0.3 is 19.4 Å². The molecule has 0 aliphatic rings. The largest absolute Gasteiger partial charge is 0.472 e. The normalized spacial score (nSPS) is 14.3. The lowest BCUT2D eigenvalue weighted by atomic mass is 10.0. The summed E-state index contributed by atoms with van der Waals surface area (Å²) in [4.78, 5) is 37.8. The van der Waals surface area contributed by atoms with Gasteiger partial charge >= 0.3 is 13.8 Å². The van der Waals surface area contributed by atoms with Crippen LogP contribution in [0.1, 0.15) is 278 Å². The first-order valence-electron chi connectivity index (χ1n) is 33.2. The number of hydrogen-bond acceptors (Lipinski definition) is 6. The second kappa shape index (κ2) is 59.8. The number of phosphoric acid groups is 1. The molecule has 0 saturated carbocycles. The van der Waals surface area contributed by atoms with Crippen LogP contribution in [0.4, 0.5) is 0 Å². The minimum Gasteiger partial charge on any atom is -0.456 e. The number of ether oxygens (including phenoxy) is 1. The number of carbonyl (C=O) groups is 2. The van der Waals surface area contributed by atoms with Gasteiger partial charge in [0.25, 0.3) is 0 Å². The molecular weight excluding hydrogens is 1020 g/mol. The SMILES string of the molecule is CC/C=C\C/C=C\C/C=C\C/C=C\C/C=C\C/C=C\CCCCCCC(=O)OC(/C=C/CCCCCCCCCCCCC)C(COP(=O)(O)OCC[N+](C)(C)C)NC(=O)CCCCCCCCCCC/C=C\C/C=C\CCCCC. The molecule has 0 saturated heterocycles. The van der Waals surface area contributed by atoms with Gasteiger partial charge in [-0.2, -0.15) is 0 Å². The number of rotatable bonds is 59. The van der Waals surface area contributed by atoms with Gasteiger partial charge in [-0.15, -0.1) is 0 Å². The fourth-order valence-electron chi connectivity index (χ4n) is 9.09. The van der Waals surface area contributed by atoms with E-state index in [2.05, 4.69) is 123 Å². The Morgan fingerprint density at radius 1 is 0.444 bits per heavy atom. The molecule has 0 spiro atoms. The number of nitrogens with zero attached hydrogens (tertiary/aromatic N) is 1. The van der Waals surface area contributed by atoms with Crippen LogP contribution in [0.3, 0.4) is 0 Å². The van der Waals surface area contributed by atoms with Crippen LogP contribution in [0.15, 0.2) is 109 Å². The van der Waals surface area contributed by atoms with E-state index in [0.29, 0.717) is 23.9 Å². The fraction of sp³-hybridized carbons (Fsp3) is 0.718. The zero-order chi connectivity index (χ0) is 59.3. The Morgan fingerprint density at radius 3 is 1.21 bits per heavy atom. The average Bonchev–Trinajstić information content (AvgIpc) is 3.44. The maximum Gasteiger partial charge on any atom is 0.472 e. The van der Waals surface area contributed by atoms with Crippen LogP contribution in [-0.2, 0) is 27.9 Å². The van der Waals surface area contributed by atoms with Gasteiger partial charge in [0.1, 0.15) is 19.3 Å². The third-order valence-corrected chi connectivity index (χ3v) is 15.2. The number of unbranched alkanes of at least 4 members (excludes halogenated alkanes) is 27. The molecule has 0 bridgehead atoms. The molecule has 81 heavy (non-hydrogen) atoms. The Morgan fingerprint density at radius 2 is 0.790 bits per heavy atom. The van der Waals surface area contributed by atoms with Gasteiger partial charge in [-0.3, -0.25) is 18.6 Å². The molecule has 3 atom stereocenters. The van der Waals surface area contributed by atoms with Crippen molar-refractivity contribution in [3.63, 3.8) is 0 Å². The predicted octanol–water partition coefficient (Wildman–Crippen LogP) is 20.9. The van der Waals surface area contributed by atoms with Crippen molar-refractivity contribution >= 4 is 19.7 Å². The third-order valence-electron chi connectivity index (χ3n) is 14.2. The summed E-state index contributed by atoms with van der Waals surface area (Å²) in [5, 5.41) is 3.05. The van der Waals surface area contributed by atoms with Gasteiger partial charge in [0.05, 0.1) is 33.8 Å². The van der Waals surface area contributed by atoms with E-state index in [4.69, 9.17) is 13.8 Å². The molecule has 1 amide bonds. The van der Waals surface area contributed by atoms with E-state index < -0.39 is 20.0 Å². The first-order chi connectivity index (χ1) is 39.4. The molecule has 0 aliphatic carbocycles. The summed E-state index contributed by atoms with van der Waals surface area (Å²) in [7, 11) is 1.47. The number of phosphoric ester groups is 1. The van der Waals surface area contributed by atoms with Crippen LogP contribution in [0.5, 0.6) is 0 Å². The lowest BCUT2D eigenvalue weighted by Crippen LogP contribution is -2.47. The number of nitrogens with one attached hydrogen (secondary N) is 1. The molecule has 0 fully saturated rings. The molecule has 0 radical (unpaired) electrons. The van der Waals surface area contributed by atoms with Crippen LogP contribution in [0.2, 0.25) is 0 Å². The van der Waals surface area contributed by atoms with E-state index >= 15 is 0 Å². The minimum absolute atomic E-state index is 0.0299. The smallest absolute Gasteiger partial charge is 0.456 e. The van der Waals surface area contributed by atoms with Crippen molar-refractivity contribution in [1.29, 1.82) is 0 Å². The highest BCUT2D eigenvalue weighted by atomic mass is 31.2. The first-order valence-corrected chi connectivity index (χ1v) is 34.7. The van der Waals surface area contributed by atoms with Gasteiger partial charge in [-0.25, -0.2) is 4.57 Å². The number of amides is 1. The van der Waals surface area contributed by atoms with Crippen LogP contribution in [-0.4, -0.2) is 74.3 Å². The van der Waals surface area contributed by atoms with Crippen LogP contribution in [0, 0.1) is 0 Å². The number of likely N-dealkylation sites (N-methyl/N-ethyl adjacent to an activating group) is 1. The molecule has 0 heterocycles. The van der Waals surface area contributed by atoms with Gasteiger partial charge in [-0.05, 0) is 115 Å². The number of esters is 1. The van der Waals surface area contributed by atoms with Crippen LogP contribution >= 0.6 is 7.82 Å². The summed E-state index contributed by atoms with van der Waals surface area (Å²) in [6, 6.07) is -0.869. The molecular formula is C71H126N2O7P+. The highest BCUT2D eigenvalue weighted by Gasteiger charge is 2.30. The standard InChI is InChI=1S/C71H125N2O7P/c1-7-10-13-16-19-22-25-28-30-32-34-35-36-37-39-41-43-46-49-52-55-58-61-64-71(75)80-69(62-59-56-53-50-47-44-27-24-21-18-15-12-9-3)68(67-79-81(76,77)78-66-65-73(4,5)6)72-70(74)63-60-57-54-51-48-45-42-40-38-33-31-29-26-23-20-17-14-11-8-2/h10,13,19-20,22-23,28-31,34-35,37,39,43,46,59,62,68-69H,7-9,11-12,14-18,21,24-27,32-33,36,38,40-42,44-45,47-58,60-61,63-67H2,1-6H3,(H-,72,74,76,77)/p+1/b13-10-,22-19-,23-20-,30-28-,31-29-,35-34-,39-37-,46-43-,62-59+. The van der Waals surface area contributed by atoms with Crippen molar-refractivity contribution in [2.24, 2.45) is 0 Å². The van der Waals surface area contributed by atoms with Crippen molar-refractivity contribution in [3.05, 3.63) is 109 Å². The average molecular weight is 1150 g/mol. The Balaban J connectivity index is 5.28. The van der Waals surface area contributed by atoms with E-state index in [9.17, 15) is 19.0 Å². The van der Waals surface area contributed by atoms with Gasteiger partial charge in [-0.1, -0.05) is 259 Å². The fourth-order valence-corrected chi connectivity index (χ4v) is 9.83. The number of carbonyl (C=O) groups excluding carboxylic acids is 2. The zero-order valence-corrected chi connectivity index (χ0v) is 54.1. The Hall–Kier alpha value is -3.33. The predicted molar refractivity (Wildman–Crippen MR) is 350 cm³/mol. The summed E-state index contributed by atoms with van der Waals surface area (Å²) in [6.45, 7) is 6.86. The summed E-state index contributed by atoms with van der Waals surface area (Å²) in [5.74, 6) is -0.540. The van der Waals surface area contributed by atoms with Crippen LogP contribution < -0.4 is 5.32 Å². The highest BCUT2D eigenvalue weighted by molar-refractivity contribution is 7.47. The maximum atomic E-state index is 13.6. The number of allylic oxidation sites excluding steroid dienone is 17. The van der Waals surface area contributed by atoms with Crippen LogP contribution in [0.25, 0.3) is 0 Å². The Labute approximate surface area is 500 Å². The molecule has 2 N–H and O–H groups in total. The lowest BCUT2D eigenvalue weighted by Gasteiger charge is -2.27.